The van der Waals surface area contributed by atoms with E-state index in [1.165, 1.54) is 83.7 Å². The number of anilines is 2. The van der Waals surface area contributed by atoms with Crippen molar-refractivity contribution >= 4 is 22.5 Å². The zero-order valence-electron chi connectivity index (χ0n) is 32.2. The normalized spacial score (nSPS) is 17.5. The van der Waals surface area contributed by atoms with Crippen molar-refractivity contribution in [2.45, 2.75) is 44.9 Å². The van der Waals surface area contributed by atoms with Crippen LogP contribution in [0.3, 0.4) is 0 Å². The predicted molar refractivity (Wildman–Crippen MR) is 236 cm³/mol. The van der Waals surface area contributed by atoms with E-state index in [4.69, 9.17) is 0 Å². The van der Waals surface area contributed by atoms with E-state index in [-0.39, 0.29) is 5.41 Å². The first-order valence-electron chi connectivity index (χ1n) is 19.7. The Morgan fingerprint density at radius 2 is 1.16 bits per heavy atom. The van der Waals surface area contributed by atoms with Crippen LogP contribution in [0.1, 0.15) is 65.6 Å². The molecule has 0 aliphatic heterocycles. The quantitative estimate of drug-likeness (QED) is 0.173. The van der Waals surface area contributed by atoms with Crippen molar-refractivity contribution in [2.75, 3.05) is 11.9 Å². The minimum absolute atomic E-state index is 0.0429. The molecule has 0 fully saturated rings. The van der Waals surface area contributed by atoms with Crippen molar-refractivity contribution in [3.63, 3.8) is 0 Å². The summed E-state index contributed by atoms with van der Waals surface area (Å²) in [7, 11) is 2.21. The Morgan fingerprint density at radius 3 is 2.02 bits per heavy atom. The second kappa shape index (κ2) is 13.9. The lowest BCUT2D eigenvalue weighted by Gasteiger charge is -2.26. The third-order valence-corrected chi connectivity index (χ3v) is 12.2. The van der Waals surface area contributed by atoms with Crippen LogP contribution in [0.4, 0.5) is 11.4 Å². The second-order valence-corrected chi connectivity index (χ2v) is 15.7. The Balaban J connectivity index is 1.12. The van der Waals surface area contributed by atoms with Gasteiger partial charge in [0.15, 0.2) is 0 Å². The van der Waals surface area contributed by atoms with Gasteiger partial charge in [-0.2, -0.15) is 0 Å². The summed E-state index contributed by atoms with van der Waals surface area (Å²) in [5, 5.41) is 0. The van der Waals surface area contributed by atoms with E-state index < -0.39 is 0 Å². The van der Waals surface area contributed by atoms with Crippen molar-refractivity contribution in [3.05, 3.63) is 215 Å². The molecule has 0 amide bonds. The number of nitrogens with zero attached hydrogens (tertiary/aromatic N) is 1. The first-order valence-corrected chi connectivity index (χ1v) is 19.7. The summed E-state index contributed by atoms with van der Waals surface area (Å²) in [6.45, 7) is 13.7. The third-order valence-electron chi connectivity index (χ3n) is 12.2. The monoisotopic (exact) mass is 709 g/mol. The molecule has 1 nitrogen and oxygen atoms in total. The molecule has 0 unspecified atom stereocenters. The van der Waals surface area contributed by atoms with Gasteiger partial charge in [0.2, 0.25) is 0 Å². The number of benzene rings is 6. The first-order chi connectivity index (χ1) is 26.8. The molecule has 3 aliphatic carbocycles. The van der Waals surface area contributed by atoms with Crippen molar-refractivity contribution in [1.82, 2.24) is 0 Å². The number of hydrogen-bond acceptors (Lipinski definition) is 1. The van der Waals surface area contributed by atoms with Gasteiger partial charge in [0.1, 0.15) is 0 Å². The number of hydrogen-bond donors (Lipinski definition) is 0. The molecule has 0 atom stereocenters. The minimum atomic E-state index is -0.0429. The molecule has 6 aromatic rings. The van der Waals surface area contributed by atoms with Crippen molar-refractivity contribution < 1.29 is 0 Å². The van der Waals surface area contributed by atoms with Crippen LogP contribution in [0.25, 0.3) is 44.5 Å². The van der Waals surface area contributed by atoms with Crippen molar-refractivity contribution in [3.8, 4) is 33.4 Å². The molecule has 0 spiro atoms. The SMILES string of the molecule is C=C1/C=C\C=C/CCc2ccc(N(C)c3ccc4c(c3)C(C)(C)c3ccccc3-4)cc2-c2ccccc2CC/C=C2/c3ccccc3-c3cccc(c32)C1=C. The first kappa shape index (κ1) is 34.6. The molecule has 268 valence electrons. The molecule has 55 heavy (non-hydrogen) atoms. The van der Waals surface area contributed by atoms with E-state index in [1.54, 1.807) is 0 Å². The number of rotatable bonds is 2. The van der Waals surface area contributed by atoms with Crippen LogP contribution in [0.5, 0.6) is 0 Å². The van der Waals surface area contributed by atoms with Crippen LogP contribution in [0.15, 0.2) is 177 Å². The Bertz CT molecular complexity index is 2620. The maximum absolute atomic E-state index is 4.55. The van der Waals surface area contributed by atoms with Crippen LogP contribution < -0.4 is 4.90 Å². The Hall–Kier alpha value is -6.18. The van der Waals surface area contributed by atoms with Gasteiger partial charge in [-0.05, 0) is 139 Å². The van der Waals surface area contributed by atoms with Gasteiger partial charge in [-0.25, -0.2) is 0 Å². The molecule has 0 aromatic heterocycles. The highest BCUT2D eigenvalue weighted by Crippen LogP contribution is 2.50. The molecule has 0 radical (unpaired) electrons. The summed E-state index contributed by atoms with van der Waals surface area (Å²) in [4.78, 5) is 2.36. The fourth-order valence-corrected chi connectivity index (χ4v) is 9.14. The van der Waals surface area contributed by atoms with Crippen LogP contribution in [0, 0.1) is 0 Å². The number of fused-ring (bicyclic) bond motifs is 9. The van der Waals surface area contributed by atoms with Gasteiger partial charge in [-0.3, -0.25) is 0 Å². The van der Waals surface area contributed by atoms with Gasteiger partial charge < -0.3 is 4.90 Å². The van der Waals surface area contributed by atoms with Gasteiger partial charge in [-0.15, -0.1) is 0 Å². The second-order valence-electron chi connectivity index (χ2n) is 15.7. The van der Waals surface area contributed by atoms with Crippen LogP contribution in [-0.2, 0) is 18.3 Å². The molecular formula is C54H47N. The molecule has 0 saturated carbocycles. The summed E-state index contributed by atoms with van der Waals surface area (Å²) in [6, 6.07) is 47.4. The fourth-order valence-electron chi connectivity index (χ4n) is 9.14. The lowest BCUT2D eigenvalue weighted by Crippen LogP contribution is -2.16. The van der Waals surface area contributed by atoms with Crippen LogP contribution in [-0.4, -0.2) is 7.05 Å². The molecule has 6 aromatic carbocycles. The van der Waals surface area contributed by atoms with E-state index in [0.717, 1.165) is 42.4 Å². The Labute approximate surface area is 327 Å². The molecule has 1 heteroatoms. The van der Waals surface area contributed by atoms with Gasteiger partial charge >= 0.3 is 0 Å². The lowest BCUT2D eigenvalue weighted by atomic mass is 9.82. The lowest BCUT2D eigenvalue weighted by molar-refractivity contribution is 0.660. The summed E-state index contributed by atoms with van der Waals surface area (Å²) in [5.41, 5.74) is 22.7. The largest absolute Gasteiger partial charge is 0.345 e. The Morgan fingerprint density at radius 1 is 0.527 bits per heavy atom. The van der Waals surface area contributed by atoms with Gasteiger partial charge in [0, 0.05) is 23.8 Å². The smallest absolute Gasteiger partial charge is 0.0414 e. The standard InChI is InChI=1S/C54H47N/c1-36-18-8-6-7-9-19-39-30-31-40(55(5)41-32-33-47-46-25-14-15-29-51(46)54(3,4)52(47)35-41)34-50(39)43-22-11-10-20-38(43)21-16-27-48-44-23-12-13-24-45(44)49-28-17-26-42(37(36)2)53(48)49/h6-8,10-15,17-18,20,22-35H,1-2,9,16,19,21H2,3-5H3/b7-6-,18-8-,48-27-. The summed E-state index contributed by atoms with van der Waals surface area (Å²) in [6.07, 6.45) is 14.8. The highest BCUT2D eigenvalue weighted by molar-refractivity contribution is 6.05. The molecule has 9 rings (SSSR count). The van der Waals surface area contributed by atoms with Gasteiger partial charge in [0.25, 0.3) is 0 Å². The summed E-state index contributed by atoms with van der Waals surface area (Å²) in [5.74, 6) is 0. The predicted octanol–water partition coefficient (Wildman–Crippen LogP) is 14.1. The van der Waals surface area contributed by atoms with E-state index in [1.807, 2.05) is 0 Å². The maximum atomic E-state index is 4.55. The summed E-state index contributed by atoms with van der Waals surface area (Å²) >= 11 is 0. The van der Waals surface area contributed by atoms with E-state index in [9.17, 15) is 0 Å². The van der Waals surface area contributed by atoms with Crippen molar-refractivity contribution in [1.29, 1.82) is 0 Å². The van der Waals surface area contributed by atoms with E-state index in [2.05, 4.69) is 197 Å². The molecule has 0 N–H and O–H groups in total. The topological polar surface area (TPSA) is 3.24 Å². The van der Waals surface area contributed by atoms with Crippen molar-refractivity contribution in [2.24, 2.45) is 0 Å². The molecule has 0 bridgehead atoms. The zero-order valence-corrected chi connectivity index (χ0v) is 32.2. The average Bonchev–Trinajstić information content (AvgIpc) is 3.66. The highest BCUT2D eigenvalue weighted by atomic mass is 15.1. The highest BCUT2D eigenvalue weighted by Gasteiger charge is 2.35. The third kappa shape index (κ3) is 5.96. The molecular weight excluding hydrogens is 663 g/mol. The molecule has 3 aliphatic rings. The van der Waals surface area contributed by atoms with E-state index >= 15 is 0 Å². The summed E-state index contributed by atoms with van der Waals surface area (Å²) < 4.78 is 0. The maximum Gasteiger partial charge on any atom is 0.0414 e. The Kier molecular flexibility index (Phi) is 8.74. The number of allylic oxidation sites excluding steroid dienone is 7. The fraction of sp³-hybridized carbons (Fsp3) is 0.148. The average molecular weight is 710 g/mol. The number of aryl methyl sites for hydroxylation is 2. The van der Waals surface area contributed by atoms with Crippen LogP contribution in [0.2, 0.25) is 0 Å². The molecule has 0 saturated heterocycles. The van der Waals surface area contributed by atoms with Gasteiger partial charge in [-0.1, -0.05) is 161 Å². The molecule has 0 heterocycles. The van der Waals surface area contributed by atoms with Gasteiger partial charge in [0.05, 0.1) is 0 Å². The van der Waals surface area contributed by atoms with E-state index in [0.29, 0.717) is 0 Å². The van der Waals surface area contributed by atoms with Crippen LogP contribution >= 0.6 is 0 Å². The zero-order chi connectivity index (χ0) is 37.7. The minimum Gasteiger partial charge on any atom is -0.345 e.